The summed E-state index contributed by atoms with van der Waals surface area (Å²) in [6, 6.07) is 19.4. The molecule has 3 nitrogen and oxygen atoms in total. The van der Waals surface area contributed by atoms with Crippen LogP contribution in [0.3, 0.4) is 0 Å². The molecule has 0 radical (unpaired) electrons. The second kappa shape index (κ2) is 7.50. The first kappa shape index (κ1) is 20.5. The van der Waals surface area contributed by atoms with Crippen LogP contribution in [-0.2, 0) is 5.60 Å². The average Bonchev–Trinajstić information content (AvgIpc) is 3.17. The Labute approximate surface area is 175 Å². The van der Waals surface area contributed by atoms with Gasteiger partial charge >= 0.3 is 6.18 Å². The van der Waals surface area contributed by atoms with Gasteiger partial charge < -0.3 is 10.8 Å². The fourth-order valence-electron chi connectivity index (χ4n) is 3.31. The molecule has 2 aromatic heterocycles. The van der Waals surface area contributed by atoms with E-state index in [0.29, 0.717) is 11.3 Å². The number of rotatable bonds is 4. The van der Waals surface area contributed by atoms with Gasteiger partial charge in [0.05, 0.1) is 11.7 Å². The first-order valence-corrected chi connectivity index (χ1v) is 10.1. The zero-order valence-corrected chi connectivity index (χ0v) is 16.8. The van der Waals surface area contributed by atoms with Gasteiger partial charge in [0.15, 0.2) is 5.60 Å². The lowest BCUT2D eigenvalue weighted by molar-refractivity contribution is -0.258. The minimum atomic E-state index is -4.80. The third kappa shape index (κ3) is 3.60. The lowest BCUT2D eigenvalue weighted by Crippen LogP contribution is -2.39. The predicted molar refractivity (Wildman–Crippen MR) is 113 cm³/mol. The van der Waals surface area contributed by atoms with Crippen LogP contribution in [0.4, 0.5) is 13.2 Å². The van der Waals surface area contributed by atoms with Crippen molar-refractivity contribution in [2.75, 3.05) is 0 Å². The number of thiophene rings is 1. The van der Waals surface area contributed by atoms with Gasteiger partial charge in [0.25, 0.3) is 0 Å². The van der Waals surface area contributed by atoms with E-state index in [0.717, 1.165) is 27.5 Å². The molecule has 0 saturated carbocycles. The number of aromatic nitrogens is 1. The molecular weight excluding hydrogens is 409 g/mol. The van der Waals surface area contributed by atoms with Crippen molar-refractivity contribution in [2.45, 2.75) is 24.7 Å². The minimum absolute atomic E-state index is 0.255. The van der Waals surface area contributed by atoms with Crippen LogP contribution in [0, 0.1) is 0 Å². The SMILES string of the molecule is CC(O)(c1ccnc(-c2cccc3cc(C(N)c4ccccc4)sc23)c1)C(F)(F)F. The van der Waals surface area contributed by atoms with Crippen LogP contribution in [0.2, 0.25) is 0 Å². The quantitative estimate of drug-likeness (QED) is 0.433. The number of hydrogen-bond acceptors (Lipinski definition) is 4. The molecule has 2 atom stereocenters. The minimum Gasteiger partial charge on any atom is -0.376 e. The van der Waals surface area contributed by atoms with Crippen molar-refractivity contribution < 1.29 is 18.3 Å². The molecule has 0 aliphatic heterocycles. The van der Waals surface area contributed by atoms with E-state index >= 15 is 0 Å². The van der Waals surface area contributed by atoms with Gasteiger partial charge in [-0.05, 0) is 41.6 Å². The molecule has 3 N–H and O–H groups in total. The Hall–Kier alpha value is -2.74. The van der Waals surface area contributed by atoms with Crippen LogP contribution in [0.1, 0.15) is 29.0 Å². The number of halogens is 3. The summed E-state index contributed by atoms with van der Waals surface area (Å²) in [5.41, 5.74) is 5.26. The summed E-state index contributed by atoms with van der Waals surface area (Å²) in [6.07, 6.45) is -3.51. The number of benzene rings is 2. The average molecular weight is 428 g/mol. The number of hydrogen-bond donors (Lipinski definition) is 2. The lowest BCUT2D eigenvalue weighted by Gasteiger charge is -2.26. The van der Waals surface area contributed by atoms with Gasteiger partial charge in [-0.15, -0.1) is 11.3 Å². The maximum Gasteiger partial charge on any atom is 0.421 e. The highest BCUT2D eigenvalue weighted by atomic mass is 32.1. The van der Waals surface area contributed by atoms with Crippen molar-refractivity contribution in [1.29, 1.82) is 0 Å². The van der Waals surface area contributed by atoms with E-state index in [1.807, 2.05) is 54.6 Å². The molecule has 0 fully saturated rings. The molecule has 7 heteroatoms. The van der Waals surface area contributed by atoms with Crippen molar-refractivity contribution in [3.8, 4) is 11.3 Å². The topological polar surface area (TPSA) is 59.1 Å². The Morgan fingerprint density at radius 2 is 1.73 bits per heavy atom. The number of fused-ring (bicyclic) bond motifs is 1. The van der Waals surface area contributed by atoms with Gasteiger partial charge in [-0.3, -0.25) is 4.98 Å². The maximum absolute atomic E-state index is 13.3. The second-order valence-corrected chi connectivity index (χ2v) is 8.34. The Morgan fingerprint density at radius 3 is 2.43 bits per heavy atom. The van der Waals surface area contributed by atoms with E-state index < -0.39 is 11.8 Å². The van der Waals surface area contributed by atoms with Gasteiger partial charge in [-0.1, -0.05) is 48.5 Å². The Bertz CT molecular complexity index is 1190. The van der Waals surface area contributed by atoms with Crippen LogP contribution in [-0.4, -0.2) is 16.3 Å². The first-order valence-electron chi connectivity index (χ1n) is 9.27. The largest absolute Gasteiger partial charge is 0.421 e. The van der Waals surface area contributed by atoms with Crippen molar-refractivity contribution in [3.05, 3.63) is 88.9 Å². The van der Waals surface area contributed by atoms with E-state index in [2.05, 4.69) is 4.98 Å². The standard InChI is InChI=1S/C23H19F3N2OS/c1-22(29,23(24,25)26)16-10-11-28-18(13-16)17-9-5-8-15-12-19(30-21(15)17)20(27)14-6-3-2-4-7-14/h2-13,20,29H,27H2,1H3. The summed E-state index contributed by atoms with van der Waals surface area (Å²) in [4.78, 5) is 5.21. The summed E-state index contributed by atoms with van der Waals surface area (Å²) in [5.74, 6) is 0. The Kier molecular flexibility index (Phi) is 5.13. The van der Waals surface area contributed by atoms with E-state index in [1.165, 1.54) is 29.7 Å². The van der Waals surface area contributed by atoms with Crippen LogP contribution < -0.4 is 5.73 Å². The molecule has 2 aromatic carbocycles. The molecule has 0 saturated heterocycles. The zero-order valence-electron chi connectivity index (χ0n) is 16.0. The fraction of sp³-hybridized carbons (Fsp3) is 0.174. The van der Waals surface area contributed by atoms with E-state index in [-0.39, 0.29) is 11.6 Å². The van der Waals surface area contributed by atoms with Gasteiger partial charge in [-0.2, -0.15) is 13.2 Å². The molecule has 0 amide bonds. The smallest absolute Gasteiger partial charge is 0.376 e. The second-order valence-electron chi connectivity index (χ2n) is 7.26. The third-order valence-electron chi connectivity index (χ3n) is 5.18. The molecular formula is C23H19F3N2OS. The molecule has 0 bridgehead atoms. The van der Waals surface area contributed by atoms with Crippen LogP contribution >= 0.6 is 11.3 Å². The molecule has 4 rings (SSSR count). The lowest BCUT2D eigenvalue weighted by atomic mass is 9.94. The Morgan fingerprint density at radius 1 is 1.00 bits per heavy atom. The molecule has 30 heavy (non-hydrogen) atoms. The molecule has 154 valence electrons. The molecule has 2 unspecified atom stereocenters. The van der Waals surface area contributed by atoms with Crippen molar-refractivity contribution >= 4 is 21.4 Å². The zero-order chi connectivity index (χ0) is 21.5. The normalized spacial score (nSPS) is 15.1. The van der Waals surface area contributed by atoms with Gasteiger partial charge in [0.2, 0.25) is 0 Å². The summed E-state index contributed by atoms with van der Waals surface area (Å²) >= 11 is 1.49. The van der Waals surface area contributed by atoms with E-state index in [4.69, 9.17) is 5.73 Å². The molecule has 0 aliphatic carbocycles. The van der Waals surface area contributed by atoms with Crippen LogP contribution in [0.15, 0.2) is 72.9 Å². The van der Waals surface area contributed by atoms with Crippen molar-refractivity contribution in [2.24, 2.45) is 5.73 Å². The summed E-state index contributed by atoms with van der Waals surface area (Å²) in [6.45, 7) is 0.745. The summed E-state index contributed by atoms with van der Waals surface area (Å²) in [7, 11) is 0. The number of nitrogens with two attached hydrogens (primary N) is 1. The Balaban J connectivity index is 1.79. The van der Waals surface area contributed by atoms with Crippen LogP contribution in [0.25, 0.3) is 21.3 Å². The first-order chi connectivity index (χ1) is 14.2. The number of pyridine rings is 1. The fourth-order valence-corrected chi connectivity index (χ4v) is 4.52. The summed E-state index contributed by atoms with van der Waals surface area (Å²) in [5, 5.41) is 11.0. The third-order valence-corrected chi connectivity index (χ3v) is 6.45. The molecule has 0 spiro atoms. The van der Waals surface area contributed by atoms with Gasteiger partial charge in [0.1, 0.15) is 0 Å². The number of alkyl halides is 3. The maximum atomic E-state index is 13.3. The van der Waals surface area contributed by atoms with Crippen LogP contribution in [0.5, 0.6) is 0 Å². The van der Waals surface area contributed by atoms with Crippen molar-refractivity contribution in [1.82, 2.24) is 4.98 Å². The number of nitrogens with zero attached hydrogens (tertiary/aromatic N) is 1. The predicted octanol–water partition coefficient (Wildman–Crippen LogP) is 5.78. The molecule has 2 heterocycles. The monoisotopic (exact) mass is 428 g/mol. The highest BCUT2D eigenvalue weighted by Crippen LogP contribution is 2.41. The molecule has 4 aromatic rings. The van der Waals surface area contributed by atoms with Crippen molar-refractivity contribution in [3.63, 3.8) is 0 Å². The van der Waals surface area contributed by atoms with E-state index in [9.17, 15) is 18.3 Å². The number of aliphatic hydroxyl groups is 1. The highest BCUT2D eigenvalue weighted by Gasteiger charge is 2.51. The van der Waals surface area contributed by atoms with E-state index in [1.54, 1.807) is 0 Å². The van der Waals surface area contributed by atoms with Gasteiger partial charge in [-0.25, -0.2) is 0 Å². The van der Waals surface area contributed by atoms with Gasteiger partial charge in [0, 0.05) is 21.3 Å². The molecule has 0 aliphatic rings. The highest BCUT2D eigenvalue weighted by molar-refractivity contribution is 7.19. The summed E-state index contributed by atoms with van der Waals surface area (Å²) < 4.78 is 40.7.